The van der Waals surface area contributed by atoms with Gasteiger partial charge in [0.25, 0.3) is 5.91 Å². The van der Waals surface area contributed by atoms with Crippen molar-refractivity contribution in [1.29, 1.82) is 5.26 Å². The molecule has 2 N–H and O–H groups in total. The number of hydrogen-bond acceptors (Lipinski definition) is 4. The molecule has 1 aromatic heterocycles. The average molecular weight is 393 g/mol. The van der Waals surface area contributed by atoms with Crippen molar-refractivity contribution >= 4 is 39.0 Å². The van der Waals surface area contributed by atoms with Crippen LogP contribution in [0.3, 0.4) is 0 Å². The highest BCUT2D eigenvalue weighted by molar-refractivity contribution is 9.10. The molecule has 0 bridgehead atoms. The summed E-state index contributed by atoms with van der Waals surface area (Å²) in [5.41, 5.74) is 2.38. The maximum Gasteiger partial charge on any atom is 0.257 e. The van der Waals surface area contributed by atoms with Gasteiger partial charge >= 0.3 is 0 Å². The van der Waals surface area contributed by atoms with Gasteiger partial charge in [0.2, 0.25) is 0 Å². The molecule has 0 unspecified atom stereocenters. The number of halogens is 1. The summed E-state index contributed by atoms with van der Waals surface area (Å²) in [7, 11) is 0. The summed E-state index contributed by atoms with van der Waals surface area (Å²) in [6.07, 6.45) is 1.50. The minimum atomic E-state index is -0.282. The number of carbonyl (C=O) groups is 1. The van der Waals surface area contributed by atoms with Crippen LogP contribution in [0.2, 0.25) is 0 Å². The summed E-state index contributed by atoms with van der Waals surface area (Å²) in [5, 5.41) is 14.8. The Labute approximate surface area is 153 Å². The van der Waals surface area contributed by atoms with E-state index in [-0.39, 0.29) is 5.91 Å². The van der Waals surface area contributed by atoms with Crippen LogP contribution in [0.1, 0.15) is 15.9 Å². The maximum absolute atomic E-state index is 12.3. The van der Waals surface area contributed by atoms with Crippen LogP contribution in [-0.4, -0.2) is 10.9 Å². The van der Waals surface area contributed by atoms with Gasteiger partial charge in [0, 0.05) is 16.4 Å². The molecule has 0 saturated carbocycles. The lowest BCUT2D eigenvalue weighted by Crippen LogP contribution is -2.12. The molecule has 0 aliphatic heterocycles. The Morgan fingerprint density at radius 2 is 1.92 bits per heavy atom. The second kappa shape index (κ2) is 7.60. The smallest absolute Gasteiger partial charge is 0.257 e. The molecule has 0 aliphatic rings. The van der Waals surface area contributed by atoms with Crippen molar-refractivity contribution in [3.63, 3.8) is 0 Å². The molecular formula is C19H13BrN4O. The number of benzene rings is 2. The van der Waals surface area contributed by atoms with Gasteiger partial charge in [-0.2, -0.15) is 5.26 Å². The van der Waals surface area contributed by atoms with Gasteiger partial charge in [-0.25, -0.2) is 4.98 Å². The van der Waals surface area contributed by atoms with E-state index in [1.165, 1.54) is 6.20 Å². The number of aromatic nitrogens is 1. The standard InChI is InChI=1S/C19H13BrN4O/c20-16-6-1-2-7-17(16)24-18-9-8-14(12-22-18)19(25)23-15-5-3-4-13(10-15)11-21/h1-10,12H,(H,22,24)(H,23,25). The Morgan fingerprint density at radius 1 is 1.08 bits per heavy atom. The van der Waals surface area contributed by atoms with Crippen LogP contribution in [0.5, 0.6) is 0 Å². The molecule has 0 radical (unpaired) electrons. The van der Waals surface area contributed by atoms with E-state index in [2.05, 4.69) is 31.5 Å². The molecule has 2 aromatic carbocycles. The minimum absolute atomic E-state index is 0.282. The first kappa shape index (κ1) is 16.7. The van der Waals surface area contributed by atoms with E-state index in [9.17, 15) is 4.79 Å². The van der Waals surface area contributed by atoms with E-state index in [0.717, 1.165) is 10.2 Å². The second-order valence-electron chi connectivity index (χ2n) is 5.18. The van der Waals surface area contributed by atoms with Gasteiger partial charge in [-0.05, 0) is 58.4 Å². The van der Waals surface area contributed by atoms with Gasteiger partial charge in [0.15, 0.2) is 0 Å². The molecule has 6 heteroatoms. The molecule has 3 rings (SSSR count). The number of nitriles is 1. The van der Waals surface area contributed by atoms with E-state index < -0.39 is 0 Å². The molecule has 0 fully saturated rings. The number of pyridine rings is 1. The first-order valence-electron chi connectivity index (χ1n) is 7.45. The largest absolute Gasteiger partial charge is 0.339 e. The van der Waals surface area contributed by atoms with Crippen molar-refractivity contribution in [2.24, 2.45) is 0 Å². The van der Waals surface area contributed by atoms with Gasteiger partial charge in [0.05, 0.1) is 22.9 Å². The number of rotatable bonds is 4. The van der Waals surface area contributed by atoms with E-state index >= 15 is 0 Å². The van der Waals surface area contributed by atoms with Crippen LogP contribution < -0.4 is 10.6 Å². The average Bonchev–Trinajstić information content (AvgIpc) is 2.64. The third-order valence-electron chi connectivity index (χ3n) is 3.41. The monoisotopic (exact) mass is 392 g/mol. The fourth-order valence-corrected chi connectivity index (χ4v) is 2.56. The van der Waals surface area contributed by atoms with E-state index in [4.69, 9.17) is 5.26 Å². The van der Waals surface area contributed by atoms with Crippen molar-refractivity contribution in [3.05, 3.63) is 82.5 Å². The SMILES string of the molecule is N#Cc1cccc(NC(=O)c2ccc(Nc3ccccc3Br)nc2)c1. The number of amides is 1. The van der Waals surface area contributed by atoms with E-state index in [0.29, 0.717) is 22.6 Å². The Bertz CT molecular complexity index is 948. The van der Waals surface area contributed by atoms with Gasteiger partial charge in [-0.15, -0.1) is 0 Å². The molecule has 122 valence electrons. The zero-order chi connectivity index (χ0) is 17.6. The molecule has 0 saturated heterocycles. The van der Waals surface area contributed by atoms with E-state index in [1.807, 2.05) is 30.3 Å². The second-order valence-corrected chi connectivity index (χ2v) is 6.04. The lowest BCUT2D eigenvalue weighted by Gasteiger charge is -2.09. The van der Waals surface area contributed by atoms with Gasteiger partial charge < -0.3 is 10.6 Å². The Morgan fingerprint density at radius 3 is 2.64 bits per heavy atom. The van der Waals surface area contributed by atoms with Crippen molar-refractivity contribution in [2.75, 3.05) is 10.6 Å². The van der Waals surface area contributed by atoms with Gasteiger partial charge in [0.1, 0.15) is 5.82 Å². The van der Waals surface area contributed by atoms with Crippen molar-refractivity contribution in [1.82, 2.24) is 4.98 Å². The Kier molecular flexibility index (Phi) is 5.07. The molecule has 1 amide bonds. The third-order valence-corrected chi connectivity index (χ3v) is 4.10. The fraction of sp³-hybridized carbons (Fsp3) is 0. The topological polar surface area (TPSA) is 77.8 Å². The van der Waals surface area contributed by atoms with Gasteiger partial charge in [-0.1, -0.05) is 18.2 Å². The van der Waals surface area contributed by atoms with Crippen LogP contribution in [0, 0.1) is 11.3 Å². The van der Waals surface area contributed by atoms with Crippen molar-refractivity contribution in [2.45, 2.75) is 0 Å². The van der Waals surface area contributed by atoms with E-state index in [1.54, 1.807) is 36.4 Å². The van der Waals surface area contributed by atoms with Crippen LogP contribution in [0.4, 0.5) is 17.2 Å². The predicted molar refractivity (Wildman–Crippen MR) is 101 cm³/mol. The summed E-state index contributed by atoms with van der Waals surface area (Å²) in [5.74, 6) is 0.352. The summed E-state index contributed by atoms with van der Waals surface area (Å²) >= 11 is 3.46. The van der Waals surface area contributed by atoms with Crippen LogP contribution >= 0.6 is 15.9 Å². The van der Waals surface area contributed by atoms with Crippen molar-refractivity contribution in [3.8, 4) is 6.07 Å². The lowest BCUT2D eigenvalue weighted by atomic mass is 10.2. The lowest BCUT2D eigenvalue weighted by molar-refractivity contribution is 0.102. The quantitative estimate of drug-likeness (QED) is 0.673. The predicted octanol–water partition coefficient (Wildman–Crippen LogP) is 4.71. The minimum Gasteiger partial charge on any atom is -0.339 e. The van der Waals surface area contributed by atoms with Crippen LogP contribution in [-0.2, 0) is 0 Å². The molecule has 25 heavy (non-hydrogen) atoms. The number of hydrogen-bond donors (Lipinski definition) is 2. The van der Waals surface area contributed by atoms with Crippen LogP contribution in [0.15, 0.2) is 71.3 Å². The summed E-state index contributed by atoms with van der Waals surface area (Å²) in [6.45, 7) is 0. The van der Waals surface area contributed by atoms with Gasteiger partial charge in [-0.3, -0.25) is 4.79 Å². The normalized spacial score (nSPS) is 9.92. The number of nitrogens with one attached hydrogen (secondary N) is 2. The summed E-state index contributed by atoms with van der Waals surface area (Å²) < 4.78 is 0.927. The fourth-order valence-electron chi connectivity index (χ4n) is 2.17. The highest BCUT2D eigenvalue weighted by atomic mass is 79.9. The molecular weight excluding hydrogens is 380 g/mol. The number of para-hydroxylation sites is 1. The zero-order valence-electron chi connectivity index (χ0n) is 13.0. The molecule has 0 aliphatic carbocycles. The molecule has 5 nitrogen and oxygen atoms in total. The Balaban J connectivity index is 1.70. The Hall–Kier alpha value is -3.17. The zero-order valence-corrected chi connectivity index (χ0v) is 14.6. The molecule has 1 heterocycles. The molecule has 0 atom stereocenters. The molecule has 3 aromatic rings. The first-order chi connectivity index (χ1) is 12.2. The number of nitrogens with zero attached hydrogens (tertiary/aromatic N) is 2. The maximum atomic E-state index is 12.3. The first-order valence-corrected chi connectivity index (χ1v) is 8.24. The highest BCUT2D eigenvalue weighted by Gasteiger charge is 2.08. The highest BCUT2D eigenvalue weighted by Crippen LogP contribution is 2.24. The molecule has 0 spiro atoms. The number of carbonyl (C=O) groups excluding carboxylic acids is 1. The summed E-state index contributed by atoms with van der Waals surface area (Å²) in [6, 6.07) is 19.9. The summed E-state index contributed by atoms with van der Waals surface area (Å²) in [4.78, 5) is 16.5. The van der Waals surface area contributed by atoms with Crippen LogP contribution in [0.25, 0.3) is 0 Å². The third kappa shape index (κ3) is 4.22. The number of anilines is 3. The van der Waals surface area contributed by atoms with Crippen molar-refractivity contribution < 1.29 is 4.79 Å².